The molecule has 2 aromatic rings. The Kier molecular flexibility index (Phi) is 2.78. The number of aromatic nitrogens is 2. The monoisotopic (exact) mass is 269 g/mol. The van der Waals surface area contributed by atoms with Crippen LogP contribution in [0.1, 0.15) is 11.7 Å². The first kappa shape index (κ1) is 11.0. The van der Waals surface area contributed by atoms with Crippen LogP contribution in [0.25, 0.3) is 11.5 Å². The quantitative estimate of drug-likeness (QED) is 0.911. The van der Waals surface area contributed by atoms with E-state index >= 15 is 0 Å². The fourth-order valence-corrected chi connectivity index (χ4v) is 2.13. The number of hydrogen-bond acceptors (Lipinski definition) is 4. The summed E-state index contributed by atoms with van der Waals surface area (Å²) in [6.07, 6.45) is 0. The Balaban J connectivity index is 1.94. The number of halogens is 2. The second-order valence-corrected chi connectivity index (χ2v) is 4.78. The normalized spacial score (nSPS) is 15.9. The molecule has 0 unspecified atom stereocenters. The highest BCUT2D eigenvalue weighted by Crippen LogP contribution is 2.30. The van der Waals surface area contributed by atoms with E-state index in [2.05, 4.69) is 15.5 Å². The van der Waals surface area contributed by atoms with Gasteiger partial charge in [0.15, 0.2) is 5.82 Å². The smallest absolute Gasteiger partial charge is 0.259 e. The predicted molar refractivity (Wildman–Crippen MR) is 65.4 cm³/mol. The highest BCUT2D eigenvalue weighted by molar-refractivity contribution is 6.36. The van der Waals surface area contributed by atoms with E-state index in [1.165, 1.54) is 0 Å². The lowest BCUT2D eigenvalue weighted by Gasteiger charge is -2.23. The lowest BCUT2D eigenvalue weighted by atomic mass is 10.0. The van der Waals surface area contributed by atoms with Crippen LogP contribution in [0.15, 0.2) is 22.7 Å². The number of nitrogens with zero attached hydrogens (tertiary/aromatic N) is 2. The highest BCUT2D eigenvalue weighted by Gasteiger charge is 2.25. The van der Waals surface area contributed by atoms with Crippen molar-refractivity contribution in [3.8, 4) is 11.5 Å². The Morgan fingerprint density at radius 3 is 2.76 bits per heavy atom. The SMILES string of the molecule is Clc1ccc(-c2nc(C3CNC3)no2)c(Cl)c1. The maximum Gasteiger partial charge on any atom is 0.259 e. The van der Waals surface area contributed by atoms with Gasteiger partial charge in [-0.3, -0.25) is 0 Å². The van der Waals surface area contributed by atoms with Gasteiger partial charge >= 0.3 is 0 Å². The van der Waals surface area contributed by atoms with Gasteiger partial charge < -0.3 is 9.84 Å². The Morgan fingerprint density at radius 1 is 1.29 bits per heavy atom. The zero-order valence-electron chi connectivity index (χ0n) is 8.78. The largest absolute Gasteiger partial charge is 0.334 e. The van der Waals surface area contributed by atoms with Crippen LogP contribution < -0.4 is 5.32 Å². The van der Waals surface area contributed by atoms with Crippen LogP contribution in [0.4, 0.5) is 0 Å². The Bertz CT molecular complexity index is 551. The summed E-state index contributed by atoms with van der Waals surface area (Å²) in [7, 11) is 0. The summed E-state index contributed by atoms with van der Waals surface area (Å²) in [5.74, 6) is 1.51. The topological polar surface area (TPSA) is 51.0 Å². The lowest BCUT2D eigenvalue weighted by molar-refractivity contribution is 0.382. The summed E-state index contributed by atoms with van der Waals surface area (Å²) >= 11 is 11.9. The van der Waals surface area contributed by atoms with Gasteiger partial charge in [0.1, 0.15) is 0 Å². The molecule has 0 aliphatic carbocycles. The van der Waals surface area contributed by atoms with Crippen LogP contribution in [0.2, 0.25) is 10.0 Å². The summed E-state index contributed by atoms with van der Waals surface area (Å²) in [4.78, 5) is 4.35. The number of hydrogen-bond donors (Lipinski definition) is 1. The third-order valence-electron chi connectivity index (χ3n) is 2.75. The molecule has 2 heterocycles. The van der Waals surface area contributed by atoms with Crippen LogP contribution in [0, 0.1) is 0 Å². The molecule has 1 aliphatic rings. The van der Waals surface area contributed by atoms with Crippen molar-refractivity contribution in [2.24, 2.45) is 0 Å². The molecule has 88 valence electrons. The summed E-state index contributed by atoms with van der Waals surface area (Å²) in [5, 5.41) is 8.22. The zero-order valence-corrected chi connectivity index (χ0v) is 10.3. The second kappa shape index (κ2) is 4.29. The first-order valence-electron chi connectivity index (χ1n) is 5.24. The molecule has 1 fully saturated rings. The maximum atomic E-state index is 6.08. The molecule has 4 nitrogen and oxygen atoms in total. The van der Waals surface area contributed by atoms with Crippen molar-refractivity contribution in [1.82, 2.24) is 15.5 Å². The van der Waals surface area contributed by atoms with E-state index < -0.39 is 0 Å². The van der Waals surface area contributed by atoms with Gasteiger partial charge in [-0.05, 0) is 18.2 Å². The molecule has 0 atom stereocenters. The van der Waals surface area contributed by atoms with E-state index in [-0.39, 0.29) is 0 Å². The van der Waals surface area contributed by atoms with Crippen molar-refractivity contribution in [1.29, 1.82) is 0 Å². The zero-order chi connectivity index (χ0) is 11.8. The molecule has 0 bridgehead atoms. The van der Waals surface area contributed by atoms with Crippen molar-refractivity contribution < 1.29 is 4.52 Å². The summed E-state index contributed by atoms with van der Waals surface area (Å²) < 4.78 is 5.21. The Labute approximate surface area is 108 Å². The average Bonchev–Trinajstić information content (AvgIpc) is 2.64. The van der Waals surface area contributed by atoms with Crippen LogP contribution >= 0.6 is 23.2 Å². The molecule has 17 heavy (non-hydrogen) atoms. The van der Waals surface area contributed by atoms with E-state index in [0.717, 1.165) is 18.9 Å². The third-order valence-corrected chi connectivity index (χ3v) is 3.30. The Morgan fingerprint density at radius 2 is 2.12 bits per heavy atom. The van der Waals surface area contributed by atoms with Gasteiger partial charge in [-0.15, -0.1) is 0 Å². The fourth-order valence-electron chi connectivity index (χ4n) is 1.64. The molecular formula is C11H9Cl2N3O. The fraction of sp³-hybridized carbons (Fsp3) is 0.273. The molecule has 3 rings (SSSR count). The van der Waals surface area contributed by atoms with Crippen LogP contribution in [0.5, 0.6) is 0 Å². The molecule has 0 amide bonds. The van der Waals surface area contributed by atoms with E-state index in [1.807, 2.05) is 0 Å². The standard InChI is InChI=1S/C11H9Cl2N3O/c12-7-1-2-8(9(13)3-7)11-15-10(16-17-11)6-4-14-5-6/h1-3,6,14H,4-5H2. The number of nitrogens with one attached hydrogen (secondary N) is 1. The molecule has 0 radical (unpaired) electrons. The highest BCUT2D eigenvalue weighted by atomic mass is 35.5. The van der Waals surface area contributed by atoms with Crippen molar-refractivity contribution in [3.05, 3.63) is 34.1 Å². The van der Waals surface area contributed by atoms with E-state index in [4.69, 9.17) is 27.7 Å². The minimum Gasteiger partial charge on any atom is -0.334 e. The van der Waals surface area contributed by atoms with Crippen molar-refractivity contribution >= 4 is 23.2 Å². The molecule has 0 saturated carbocycles. The molecule has 1 aromatic carbocycles. The average molecular weight is 270 g/mol. The predicted octanol–water partition coefficient (Wildman–Crippen LogP) is 2.73. The van der Waals surface area contributed by atoms with Gasteiger partial charge in [0.2, 0.25) is 0 Å². The maximum absolute atomic E-state index is 6.08. The van der Waals surface area contributed by atoms with Crippen LogP contribution in [-0.4, -0.2) is 23.2 Å². The van der Waals surface area contributed by atoms with E-state index in [9.17, 15) is 0 Å². The third kappa shape index (κ3) is 2.04. The number of rotatable bonds is 2. The number of benzene rings is 1. The van der Waals surface area contributed by atoms with Crippen molar-refractivity contribution in [2.75, 3.05) is 13.1 Å². The molecule has 6 heteroatoms. The summed E-state index contributed by atoms with van der Waals surface area (Å²) in [6.45, 7) is 1.79. The van der Waals surface area contributed by atoms with Crippen LogP contribution in [-0.2, 0) is 0 Å². The minimum atomic E-state index is 0.346. The molecule has 1 saturated heterocycles. The van der Waals surface area contributed by atoms with Crippen molar-refractivity contribution in [2.45, 2.75) is 5.92 Å². The first-order chi connectivity index (χ1) is 8.24. The Hall–Kier alpha value is -1.10. The van der Waals surface area contributed by atoms with Gasteiger partial charge in [0, 0.05) is 24.0 Å². The summed E-state index contributed by atoms with van der Waals surface area (Å²) in [5.41, 5.74) is 0.710. The molecule has 1 aromatic heterocycles. The second-order valence-electron chi connectivity index (χ2n) is 3.94. The molecule has 0 spiro atoms. The van der Waals surface area contributed by atoms with Crippen LogP contribution in [0.3, 0.4) is 0 Å². The molecular weight excluding hydrogens is 261 g/mol. The van der Waals surface area contributed by atoms with Gasteiger partial charge in [-0.1, -0.05) is 28.4 Å². The van der Waals surface area contributed by atoms with Gasteiger partial charge in [-0.25, -0.2) is 0 Å². The van der Waals surface area contributed by atoms with E-state index in [1.54, 1.807) is 18.2 Å². The van der Waals surface area contributed by atoms with Crippen molar-refractivity contribution in [3.63, 3.8) is 0 Å². The molecule has 1 aliphatic heterocycles. The van der Waals surface area contributed by atoms with Gasteiger partial charge in [-0.2, -0.15) is 4.98 Å². The molecule has 1 N–H and O–H groups in total. The minimum absolute atomic E-state index is 0.346. The van der Waals surface area contributed by atoms with Gasteiger partial charge in [0.05, 0.1) is 10.6 Å². The lowest BCUT2D eigenvalue weighted by Crippen LogP contribution is -2.40. The van der Waals surface area contributed by atoms with Gasteiger partial charge in [0.25, 0.3) is 5.89 Å². The summed E-state index contributed by atoms with van der Waals surface area (Å²) in [6, 6.07) is 5.19. The van der Waals surface area contributed by atoms with E-state index in [0.29, 0.717) is 27.4 Å². The first-order valence-corrected chi connectivity index (χ1v) is 5.99.